The number of halogens is 1. The van der Waals surface area contributed by atoms with E-state index in [0.29, 0.717) is 18.5 Å². The number of carbonyl (C=O) groups is 1. The van der Waals surface area contributed by atoms with Crippen LogP contribution in [0.25, 0.3) is 0 Å². The summed E-state index contributed by atoms with van der Waals surface area (Å²) in [7, 11) is 0. The summed E-state index contributed by atoms with van der Waals surface area (Å²) in [5.74, 6) is 0.506. The maximum atomic E-state index is 13.6. The maximum Gasteiger partial charge on any atom is 0.230 e. The van der Waals surface area contributed by atoms with E-state index in [4.69, 9.17) is 0 Å². The molecule has 5 rings (SSSR count). The Labute approximate surface area is 222 Å². The van der Waals surface area contributed by atoms with Crippen LogP contribution in [0.3, 0.4) is 0 Å². The van der Waals surface area contributed by atoms with Gasteiger partial charge in [-0.1, -0.05) is 86.6 Å². The van der Waals surface area contributed by atoms with Crippen molar-refractivity contribution in [3.8, 4) is 0 Å². The molecule has 37 heavy (non-hydrogen) atoms. The van der Waals surface area contributed by atoms with Crippen LogP contribution in [-0.2, 0) is 16.8 Å². The molecule has 0 aromatic heterocycles. The predicted octanol–water partition coefficient (Wildman–Crippen LogP) is 7.23. The normalized spacial score (nSPS) is 22.5. The summed E-state index contributed by atoms with van der Waals surface area (Å²) >= 11 is 0. The molecule has 3 nitrogen and oxygen atoms in total. The van der Waals surface area contributed by atoms with Gasteiger partial charge in [0, 0.05) is 12.6 Å². The van der Waals surface area contributed by atoms with Crippen molar-refractivity contribution >= 4 is 5.91 Å². The fourth-order valence-corrected chi connectivity index (χ4v) is 6.14. The zero-order valence-corrected chi connectivity index (χ0v) is 22.3. The summed E-state index contributed by atoms with van der Waals surface area (Å²) in [4.78, 5) is 16.3. The first-order valence-corrected chi connectivity index (χ1v) is 14.0. The van der Waals surface area contributed by atoms with Gasteiger partial charge in [-0.3, -0.25) is 4.79 Å². The second-order valence-electron chi connectivity index (χ2n) is 10.2. The summed E-state index contributed by atoms with van der Waals surface area (Å²) in [5.41, 5.74) is 3.06. The van der Waals surface area contributed by atoms with Crippen LogP contribution in [0, 0.1) is 5.82 Å². The quantitative estimate of drug-likeness (QED) is 0.387. The van der Waals surface area contributed by atoms with Crippen molar-refractivity contribution < 1.29 is 9.18 Å². The average Bonchev–Trinajstić information content (AvgIpc) is 2.98. The molecule has 0 atom stereocenters. The summed E-state index contributed by atoms with van der Waals surface area (Å²) in [6.07, 6.45) is 6.05. The molecule has 1 amide bonds. The van der Waals surface area contributed by atoms with Gasteiger partial charge in [0.15, 0.2) is 0 Å². The topological polar surface area (TPSA) is 32.3 Å². The number of hydrogen-bond acceptors (Lipinski definition) is 2. The minimum absolute atomic E-state index is 0.154. The Morgan fingerprint density at radius 2 is 1.41 bits per heavy atom. The van der Waals surface area contributed by atoms with Crippen molar-refractivity contribution in [1.29, 1.82) is 0 Å². The highest BCUT2D eigenvalue weighted by Gasteiger charge is 2.44. The molecule has 2 fully saturated rings. The van der Waals surface area contributed by atoms with E-state index in [1.807, 2.05) is 62.4 Å². The van der Waals surface area contributed by atoms with Crippen LogP contribution in [0.1, 0.15) is 75.0 Å². The molecule has 0 unspecified atom stereocenters. The smallest absolute Gasteiger partial charge is 0.230 e. The number of nitrogens with zero attached hydrogens (tertiary/aromatic N) is 1. The van der Waals surface area contributed by atoms with E-state index in [1.54, 1.807) is 12.1 Å². The molecule has 1 aliphatic carbocycles. The first kappa shape index (κ1) is 27.1. The van der Waals surface area contributed by atoms with Gasteiger partial charge >= 0.3 is 0 Å². The van der Waals surface area contributed by atoms with Gasteiger partial charge in [0.25, 0.3) is 0 Å². The SMILES string of the molecule is CC.O=C(NCc1ccccc1)C1(c2ccccc2)CCC(N2CCC(c3ccc(F)cc3)CC2)CC1. The Bertz CT molecular complexity index is 1080. The van der Waals surface area contributed by atoms with E-state index in [-0.39, 0.29) is 11.7 Å². The van der Waals surface area contributed by atoms with Crippen LogP contribution in [0.15, 0.2) is 84.9 Å². The summed E-state index contributed by atoms with van der Waals surface area (Å²) in [6, 6.07) is 28.1. The number of benzene rings is 3. The third kappa shape index (κ3) is 6.48. The Morgan fingerprint density at radius 3 is 2.00 bits per heavy atom. The third-order valence-electron chi connectivity index (χ3n) is 8.25. The van der Waals surface area contributed by atoms with Crippen LogP contribution in [0.4, 0.5) is 4.39 Å². The Hall–Kier alpha value is -2.98. The lowest BCUT2D eigenvalue weighted by atomic mass is 9.67. The maximum absolute atomic E-state index is 13.6. The van der Waals surface area contributed by atoms with Crippen molar-refractivity contribution in [3.63, 3.8) is 0 Å². The first-order valence-electron chi connectivity index (χ1n) is 14.0. The van der Waals surface area contributed by atoms with E-state index in [0.717, 1.165) is 62.7 Å². The minimum atomic E-state index is -0.459. The van der Waals surface area contributed by atoms with Crippen LogP contribution in [0.2, 0.25) is 0 Å². The number of hydrogen-bond donors (Lipinski definition) is 1. The van der Waals surface area contributed by atoms with Gasteiger partial charge in [0.1, 0.15) is 5.82 Å². The molecule has 196 valence electrons. The lowest BCUT2D eigenvalue weighted by molar-refractivity contribution is -0.128. The van der Waals surface area contributed by atoms with Crippen LogP contribution >= 0.6 is 0 Å². The molecule has 4 heteroatoms. The fraction of sp³-hybridized carbons (Fsp3) is 0.424. The lowest BCUT2D eigenvalue weighted by Crippen LogP contribution is -2.51. The summed E-state index contributed by atoms with van der Waals surface area (Å²) in [6.45, 7) is 6.71. The molecule has 1 aliphatic heterocycles. The predicted molar refractivity (Wildman–Crippen MR) is 150 cm³/mol. The molecule has 2 aliphatic rings. The number of carbonyl (C=O) groups excluding carboxylic acids is 1. The highest BCUT2D eigenvalue weighted by Crippen LogP contribution is 2.42. The van der Waals surface area contributed by atoms with Gasteiger partial charge in [0.05, 0.1) is 5.41 Å². The summed E-state index contributed by atoms with van der Waals surface area (Å²) < 4.78 is 13.3. The highest BCUT2D eigenvalue weighted by molar-refractivity contribution is 5.88. The number of piperidine rings is 1. The Kier molecular flexibility index (Phi) is 9.51. The molecule has 3 aromatic carbocycles. The minimum Gasteiger partial charge on any atom is -0.351 e. The van der Waals surface area contributed by atoms with Crippen molar-refractivity contribution in [2.75, 3.05) is 13.1 Å². The van der Waals surface area contributed by atoms with Gasteiger partial charge in [-0.2, -0.15) is 0 Å². The monoisotopic (exact) mass is 500 g/mol. The molecular weight excluding hydrogens is 459 g/mol. The third-order valence-corrected chi connectivity index (χ3v) is 8.25. The standard InChI is InChI=1S/C31H35FN2O.C2H6/c32-28-13-11-25(12-14-28)26-17-21-34(22-18-26)29-15-19-31(20-16-29,27-9-5-2-6-10-27)30(35)33-23-24-7-3-1-4-8-24;1-2/h1-14,26,29H,15-23H2,(H,33,35);1-2H3. The Balaban J connectivity index is 0.00000156. The number of amides is 1. The van der Waals surface area contributed by atoms with Gasteiger partial charge in [-0.25, -0.2) is 4.39 Å². The molecule has 3 aromatic rings. The van der Waals surface area contributed by atoms with E-state index in [2.05, 4.69) is 34.5 Å². The largest absolute Gasteiger partial charge is 0.351 e. The lowest BCUT2D eigenvalue weighted by Gasteiger charge is -2.45. The number of nitrogens with one attached hydrogen (secondary N) is 1. The zero-order valence-electron chi connectivity index (χ0n) is 22.3. The fourth-order valence-electron chi connectivity index (χ4n) is 6.14. The second-order valence-corrected chi connectivity index (χ2v) is 10.2. The average molecular weight is 501 g/mol. The second kappa shape index (κ2) is 13.0. The van der Waals surface area contributed by atoms with Crippen molar-refractivity contribution in [3.05, 3.63) is 107 Å². The van der Waals surface area contributed by atoms with E-state index < -0.39 is 5.41 Å². The first-order chi connectivity index (χ1) is 18.1. The molecule has 1 saturated carbocycles. The van der Waals surface area contributed by atoms with Gasteiger partial charge in [-0.15, -0.1) is 0 Å². The van der Waals surface area contributed by atoms with E-state index in [1.165, 1.54) is 5.56 Å². The van der Waals surface area contributed by atoms with Gasteiger partial charge in [0.2, 0.25) is 5.91 Å². The van der Waals surface area contributed by atoms with Crippen molar-refractivity contribution in [2.45, 2.75) is 76.3 Å². The number of likely N-dealkylation sites (tertiary alicyclic amines) is 1. The van der Waals surface area contributed by atoms with Crippen LogP contribution in [0.5, 0.6) is 0 Å². The van der Waals surface area contributed by atoms with Crippen LogP contribution < -0.4 is 5.32 Å². The molecule has 1 N–H and O–H groups in total. The molecule has 0 bridgehead atoms. The van der Waals surface area contributed by atoms with Crippen LogP contribution in [-0.4, -0.2) is 29.9 Å². The van der Waals surface area contributed by atoms with Crippen molar-refractivity contribution in [1.82, 2.24) is 10.2 Å². The summed E-state index contributed by atoms with van der Waals surface area (Å²) in [5, 5.41) is 3.25. The molecule has 1 saturated heterocycles. The van der Waals surface area contributed by atoms with E-state index in [9.17, 15) is 9.18 Å². The Morgan fingerprint density at radius 1 is 0.838 bits per heavy atom. The molecule has 0 radical (unpaired) electrons. The van der Waals surface area contributed by atoms with E-state index >= 15 is 0 Å². The molecule has 1 heterocycles. The van der Waals surface area contributed by atoms with Crippen molar-refractivity contribution in [2.24, 2.45) is 0 Å². The molecular formula is C33H41FN2O. The van der Waals surface area contributed by atoms with Gasteiger partial charge in [-0.05, 0) is 86.4 Å². The highest BCUT2D eigenvalue weighted by atomic mass is 19.1. The zero-order chi connectivity index (χ0) is 26.1. The number of rotatable bonds is 6. The molecule has 0 spiro atoms. The van der Waals surface area contributed by atoms with Gasteiger partial charge < -0.3 is 10.2 Å².